The summed E-state index contributed by atoms with van der Waals surface area (Å²) in [4.78, 5) is 2.07. The molecule has 1 rings (SSSR count). The summed E-state index contributed by atoms with van der Waals surface area (Å²) in [6, 6.07) is 0. The Labute approximate surface area is 68.0 Å². The summed E-state index contributed by atoms with van der Waals surface area (Å²) in [6.45, 7) is 5.13. The smallest absolute Gasteiger partial charge is 0.131 e. The van der Waals surface area contributed by atoms with E-state index in [0.29, 0.717) is 13.2 Å². The second-order valence-electron chi connectivity index (χ2n) is 2.88. The first-order chi connectivity index (χ1) is 5.34. The lowest BCUT2D eigenvalue weighted by Gasteiger charge is -2.21. The molecule has 0 saturated carbocycles. The van der Waals surface area contributed by atoms with Crippen molar-refractivity contribution >= 4 is 0 Å². The van der Waals surface area contributed by atoms with Crippen molar-refractivity contribution in [3.63, 3.8) is 0 Å². The van der Waals surface area contributed by atoms with Crippen molar-refractivity contribution in [1.82, 2.24) is 4.90 Å². The molecule has 1 aliphatic heterocycles. The Morgan fingerprint density at radius 2 is 2.09 bits per heavy atom. The molecule has 3 heteroatoms. The molecule has 0 aromatic carbocycles. The quantitative estimate of drug-likeness (QED) is 0.646. The summed E-state index contributed by atoms with van der Waals surface area (Å²) in [5.41, 5.74) is 0. The van der Waals surface area contributed by atoms with E-state index in [1.807, 2.05) is 6.92 Å². The zero-order chi connectivity index (χ0) is 8.10. The van der Waals surface area contributed by atoms with Crippen molar-refractivity contribution in [2.24, 2.45) is 0 Å². The number of likely N-dealkylation sites (tertiary alicyclic amines) is 1. The average Bonchev–Trinajstić information content (AvgIpc) is 2.52. The molecule has 66 valence electrons. The predicted molar refractivity (Wildman–Crippen MR) is 43.3 cm³/mol. The molecule has 1 fully saturated rings. The van der Waals surface area contributed by atoms with E-state index in [9.17, 15) is 5.11 Å². The largest absolute Gasteiger partial charge is 0.378 e. The van der Waals surface area contributed by atoms with E-state index in [-0.39, 0.29) is 6.23 Å². The van der Waals surface area contributed by atoms with Crippen molar-refractivity contribution in [2.75, 3.05) is 26.3 Å². The number of hydrogen-bond donors (Lipinski definition) is 1. The highest BCUT2D eigenvalue weighted by Gasteiger charge is 2.18. The van der Waals surface area contributed by atoms with Gasteiger partial charge in [0.25, 0.3) is 0 Å². The second kappa shape index (κ2) is 4.70. The zero-order valence-electron chi connectivity index (χ0n) is 7.12. The van der Waals surface area contributed by atoms with Crippen molar-refractivity contribution < 1.29 is 9.84 Å². The molecule has 3 nitrogen and oxygen atoms in total. The molecule has 0 amide bonds. The molecule has 0 radical (unpaired) electrons. The van der Waals surface area contributed by atoms with Crippen LogP contribution >= 0.6 is 0 Å². The highest BCUT2D eigenvalue weighted by Crippen LogP contribution is 2.09. The van der Waals surface area contributed by atoms with Crippen molar-refractivity contribution in [3.8, 4) is 0 Å². The Morgan fingerprint density at radius 3 is 2.64 bits per heavy atom. The molecule has 0 bridgehead atoms. The van der Waals surface area contributed by atoms with Crippen LogP contribution in [-0.4, -0.2) is 42.5 Å². The van der Waals surface area contributed by atoms with Gasteiger partial charge < -0.3 is 9.84 Å². The topological polar surface area (TPSA) is 32.7 Å². The first kappa shape index (κ1) is 8.97. The maximum atomic E-state index is 9.48. The van der Waals surface area contributed by atoms with Gasteiger partial charge in [0.15, 0.2) is 0 Å². The second-order valence-corrected chi connectivity index (χ2v) is 2.88. The predicted octanol–water partition coefficient (Wildman–Crippen LogP) is 0.437. The van der Waals surface area contributed by atoms with Crippen LogP contribution in [-0.2, 0) is 4.74 Å². The van der Waals surface area contributed by atoms with E-state index >= 15 is 0 Å². The number of ether oxygens (including phenoxy) is 1. The van der Waals surface area contributed by atoms with Gasteiger partial charge >= 0.3 is 0 Å². The third-order valence-electron chi connectivity index (χ3n) is 2.03. The van der Waals surface area contributed by atoms with Gasteiger partial charge in [0.1, 0.15) is 6.23 Å². The van der Waals surface area contributed by atoms with E-state index in [0.717, 1.165) is 13.1 Å². The van der Waals surface area contributed by atoms with Crippen molar-refractivity contribution in [1.29, 1.82) is 0 Å². The number of aliphatic hydroxyl groups is 1. The Hall–Kier alpha value is -0.120. The van der Waals surface area contributed by atoms with Gasteiger partial charge in [0.2, 0.25) is 0 Å². The van der Waals surface area contributed by atoms with Gasteiger partial charge in [-0.05, 0) is 19.8 Å². The minimum Gasteiger partial charge on any atom is -0.378 e. The van der Waals surface area contributed by atoms with Crippen LogP contribution in [0.3, 0.4) is 0 Å². The molecular formula is C8H17NO2. The Morgan fingerprint density at radius 1 is 1.45 bits per heavy atom. The van der Waals surface area contributed by atoms with Gasteiger partial charge in [-0.15, -0.1) is 0 Å². The van der Waals surface area contributed by atoms with E-state index in [1.165, 1.54) is 12.8 Å². The first-order valence-electron chi connectivity index (χ1n) is 4.34. The van der Waals surface area contributed by atoms with Crippen LogP contribution in [0.5, 0.6) is 0 Å². The van der Waals surface area contributed by atoms with Crippen LogP contribution in [0, 0.1) is 0 Å². The van der Waals surface area contributed by atoms with E-state index in [4.69, 9.17) is 4.74 Å². The standard InChI is InChI=1S/C8H17NO2/c1-2-11-7-8(10)9-5-3-4-6-9/h8,10H,2-7H2,1H3. The van der Waals surface area contributed by atoms with Crippen LogP contribution in [0.4, 0.5) is 0 Å². The lowest BCUT2D eigenvalue weighted by Crippen LogP contribution is -2.36. The minimum absolute atomic E-state index is 0.377. The molecule has 1 saturated heterocycles. The molecule has 0 spiro atoms. The zero-order valence-corrected chi connectivity index (χ0v) is 7.12. The van der Waals surface area contributed by atoms with E-state index < -0.39 is 0 Å². The number of aliphatic hydroxyl groups excluding tert-OH is 1. The normalized spacial score (nSPS) is 22.4. The maximum Gasteiger partial charge on any atom is 0.131 e. The lowest BCUT2D eigenvalue weighted by molar-refractivity contribution is -0.0458. The molecule has 1 atom stereocenters. The van der Waals surface area contributed by atoms with Gasteiger partial charge in [-0.2, -0.15) is 0 Å². The van der Waals surface area contributed by atoms with E-state index in [2.05, 4.69) is 4.90 Å². The van der Waals surface area contributed by atoms with Crippen LogP contribution < -0.4 is 0 Å². The Bertz CT molecular complexity index is 102. The van der Waals surface area contributed by atoms with Gasteiger partial charge in [0.05, 0.1) is 6.61 Å². The highest BCUT2D eigenvalue weighted by atomic mass is 16.5. The van der Waals surface area contributed by atoms with Crippen LogP contribution in [0.1, 0.15) is 19.8 Å². The molecular weight excluding hydrogens is 142 g/mol. The summed E-state index contributed by atoms with van der Waals surface area (Å²) in [6.07, 6.45) is 2.05. The first-order valence-corrected chi connectivity index (χ1v) is 4.34. The summed E-state index contributed by atoms with van der Waals surface area (Å²) in [5.74, 6) is 0. The van der Waals surface area contributed by atoms with Gasteiger partial charge in [-0.3, -0.25) is 4.90 Å². The molecule has 0 aromatic rings. The minimum atomic E-state index is -0.377. The van der Waals surface area contributed by atoms with Crippen LogP contribution in [0.2, 0.25) is 0 Å². The molecule has 0 aliphatic carbocycles. The number of hydrogen-bond acceptors (Lipinski definition) is 3. The highest BCUT2D eigenvalue weighted by molar-refractivity contribution is 4.68. The van der Waals surface area contributed by atoms with Crippen molar-refractivity contribution in [2.45, 2.75) is 26.0 Å². The summed E-state index contributed by atoms with van der Waals surface area (Å²) < 4.78 is 5.12. The number of nitrogens with zero attached hydrogens (tertiary/aromatic N) is 1. The molecule has 11 heavy (non-hydrogen) atoms. The van der Waals surface area contributed by atoms with Crippen LogP contribution in [0.25, 0.3) is 0 Å². The molecule has 1 unspecified atom stereocenters. The summed E-state index contributed by atoms with van der Waals surface area (Å²) in [5, 5.41) is 9.48. The Kier molecular flexibility index (Phi) is 3.83. The molecule has 1 aliphatic rings. The lowest BCUT2D eigenvalue weighted by atomic mass is 10.4. The molecule has 1 N–H and O–H groups in total. The van der Waals surface area contributed by atoms with Gasteiger partial charge in [-0.25, -0.2) is 0 Å². The van der Waals surface area contributed by atoms with Gasteiger partial charge in [-0.1, -0.05) is 0 Å². The third kappa shape index (κ3) is 2.77. The molecule has 0 aromatic heterocycles. The van der Waals surface area contributed by atoms with Gasteiger partial charge in [0, 0.05) is 19.7 Å². The average molecular weight is 159 g/mol. The van der Waals surface area contributed by atoms with Crippen molar-refractivity contribution in [3.05, 3.63) is 0 Å². The monoisotopic (exact) mass is 159 g/mol. The fourth-order valence-electron chi connectivity index (χ4n) is 1.37. The molecule has 1 heterocycles. The summed E-state index contributed by atoms with van der Waals surface area (Å²) >= 11 is 0. The third-order valence-corrected chi connectivity index (χ3v) is 2.03. The number of rotatable bonds is 4. The fourth-order valence-corrected chi connectivity index (χ4v) is 1.37. The fraction of sp³-hybridized carbons (Fsp3) is 1.00. The van der Waals surface area contributed by atoms with E-state index in [1.54, 1.807) is 0 Å². The van der Waals surface area contributed by atoms with Crippen LogP contribution in [0.15, 0.2) is 0 Å². The SMILES string of the molecule is CCOCC(O)N1CCCC1. The summed E-state index contributed by atoms with van der Waals surface area (Å²) in [7, 11) is 0. The maximum absolute atomic E-state index is 9.48. The Balaban J connectivity index is 2.12.